The highest BCUT2D eigenvalue weighted by Gasteiger charge is 2.16. The summed E-state index contributed by atoms with van der Waals surface area (Å²) in [5, 5.41) is 4.39. The Morgan fingerprint density at radius 2 is 2.00 bits per heavy atom. The molecule has 25 heavy (non-hydrogen) atoms. The summed E-state index contributed by atoms with van der Waals surface area (Å²) in [6, 6.07) is 5.69. The second kappa shape index (κ2) is 6.64. The number of aryl methyl sites for hydroxylation is 1. The van der Waals surface area contributed by atoms with Crippen LogP contribution in [0.15, 0.2) is 39.2 Å². The van der Waals surface area contributed by atoms with Gasteiger partial charge < -0.3 is 5.32 Å². The van der Waals surface area contributed by atoms with Crippen molar-refractivity contribution < 1.29 is 9.18 Å². The van der Waals surface area contributed by atoms with Crippen molar-refractivity contribution in [3.8, 4) is 0 Å². The van der Waals surface area contributed by atoms with Gasteiger partial charge in [-0.1, -0.05) is 0 Å². The van der Waals surface area contributed by atoms with Crippen molar-refractivity contribution in [2.24, 2.45) is 0 Å². The smallest absolute Gasteiger partial charge is 0.324 e. The van der Waals surface area contributed by atoms with Gasteiger partial charge in [0, 0.05) is 12.2 Å². The third-order valence-electron chi connectivity index (χ3n) is 3.92. The predicted octanol–water partition coefficient (Wildman–Crippen LogP) is 2.33. The van der Waals surface area contributed by atoms with Crippen LogP contribution in [0.5, 0.6) is 0 Å². The van der Waals surface area contributed by atoms with E-state index in [9.17, 15) is 18.8 Å². The van der Waals surface area contributed by atoms with Gasteiger partial charge in [0.05, 0.1) is 5.52 Å². The van der Waals surface area contributed by atoms with Gasteiger partial charge >= 0.3 is 5.69 Å². The third-order valence-corrected chi connectivity index (χ3v) is 4.81. The SMILES string of the molecule is CCn1c(=O)c2sccc2n(CC(=O)Nc2ccc(F)cc2C)c1=O. The van der Waals surface area contributed by atoms with Crippen LogP contribution in [0.4, 0.5) is 10.1 Å². The number of rotatable bonds is 4. The van der Waals surface area contributed by atoms with Crippen molar-refractivity contribution >= 4 is 33.1 Å². The van der Waals surface area contributed by atoms with Gasteiger partial charge in [0.1, 0.15) is 17.1 Å². The third kappa shape index (κ3) is 3.12. The molecule has 0 bridgehead atoms. The molecule has 0 aliphatic heterocycles. The van der Waals surface area contributed by atoms with Gasteiger partial charge in [0.2, 0.25) is 5.91 Å². The fraction of sp³-hybridized carbons (Fsp3) is 0.235. The Labute approximate surface area is 146 Å². The molecule has 2 aromatic heterocycles. The van der Waals surface area contributed by atoms with Gasteiger partial charge in [0.25, 0.3) is 5.56 Å². The fourth-order valence-electron chi connectivity index (χ4n) is 2.67. The lowest BCUT2D eigenvalue weighted by atomic mass is 10.2. The highest BCUT2D eigenvalue weighted by molar-refractivity contribution is 7.17. The summed E-state index contributed by atoms with van der Waals surface area (Å²) in [5.41, 5.74) is 0.633. The minimum Gasteiger partial charge on any atom is -0.324 e. The molecule has 1 amide bonds. The van der Waals surface area contributed by atoms with Crippen LogP contribution in [0, 0.1) is 12.7 Å². The normalized spacial score (nSPS) is 11.0. The maximum Gasteiger partial charge on any atom is 0.331 e. The van der Waals surface area contributed by atoms with Crippen molar-refractivity contribution in [2.75, 3.05) is 5.32 Å². The molecule has 0 fully saturated rings. The van der Waals surface area contributed by atoms with Crippen molar-refractivity contribution in [2.45, 2.75) is 26.9 Å². The van der Waals surface area contributed by atoms with Crippen molar-refractivity contribution in [1.82, 2.24) is 9.13 Å². The molecule has 0 atom stereocenters. The van der Waals surface area contributed by atoms with E-state index in [1.807, 2.05) is 0 Å². The lowest BCUT2D eigenvalue weighted by molar-refractivity contribution is -0.116. The van der Waals surface area contributed by atoms with E-state index in [1.54, 1.807) is 25.3 Å². The molecule has 2 heterocycles. The number of hydrogen-bond acceptors (Lipinski definition) is 4. The van der Waals surface area contributed by atoms with Gasteiger partial charge in [-0.3, -0.25) is 18.7 Å². The maximum atomic E-state index is 13.2. The van der Waals surface area contributed by atoms with Crippen LogP contribution in [-0.4, -0.2) is 15.0 Å². The Bertz CT molecular complexity index is 1080. The van der Waals surface area contributed by atoms with Crippen LogP contribution in [-0.2, 0) is 17.9 Å². The summed E-state index contributed by atoms with van der Waals surface area (Å²) in [7, 11) is 0. The van der Waals surface area contributed by atoms with E-state index in [0.717, 1.165) is 4.57 Å². The van der Waals surface area contributed by atoms with Gasteiger partial charge in [-0.05, 0) is 49.1 Å². The van der Waals surface area contributed by atoms with E-state index in [1.165, 1.54) is 34.1 Å². The zero-order valence-electron chi connectivity index (χ0n) is 13.7. The molecule has 0 radical (unpaired) electrons. The molecule has 1 N–H and O–H groups in total. The fourth-order valence-corrected chi connectivity index (χ4v) is 3.51. The molecular formula is C17H16FN3O3S. The number of fused-ring (bicyclic) bond motifs is 1. The quantitative estimate of drug-likeness (QED) is 0.775. The average molecular weight is 361 g/mol. The zero-order chi connectivity index (χ0) is 18.1. The molecule has 1 aromatic carbocycles. The van der Waals surface area contributed by atoms with Crippen molar-refractivity contribution in [3.05, 3.63) is 61.9 Å². The molecule has 0 spiro atoms. The van der Waals surface area contributed by atoms with Crippen LogP contribution < -0.4 is 16.6 Å². The number of carbonyl (C=O) groups excluding carboxylic acids is 1. The summed E-state index contributed by atoms with van der Waals surface area (Å²) in [6.45, 7) is 3.38. The number of thiophene rings is 1. The first-order valence-corrected chi connectivity index (χ1v) is 8.57. The van der Waals surface area contributed by atoms with E-state index in [-0.39, 0.29) is 24.5 Å². The first-order chi connectivity index (χ1) is 11.9. The summed E-state index contributed by atoms with van der Waals surface area (Å²) >= 11 is 1.24. The number of nitrogens with zero attached hydrogens (tertiary/aromatic N) is 2. The first-order valence-electron chi connectivity index (χ1n) is 7.69. The van der Waals surface area contributed by atoms with E-state index in [0.29, 0.717) is 21.5 Å². The molecule has 8 heteroatoms. The highest BCUT2D eigenvalue weighted by atomic mass is 32.1. The standard InChI is InChI=1S/C17H16FN3O3S/c1-3-20-16(23)15-13(6-7-25-15)21(17(20)24)9-14(22)19-12-5-4-11(18)8-10(12)2/h4-8H,3,9H2,1-2H3,(H,19,22). The summed E-state index contributed by atoms with van der Waals surface area (Å²) in [4.78, 5) is 37.2. The maximum absolute atomic E-state index is 13.2. The number of carbonyl (C=O) groups is 1. The van der Waals surface area contributed by atoms with Crippen LogP contribution in [0.25, 0.3) is 10.2 Å². The van der Waals surface area contributed by atoms with Crippen LogP contribution in [0.1, 0.15) is 12.5 Å². The van der Waals surface area contributed by atoms with Crippen LogP contribution in [0.2, 0.25) is 0 Å². The molecule has 0 saturated heterocycles. The first kappa shape index (κ1) is 17.1. The molecule has 6 nitrogen and oxygen atoms in total. The molecular weight excluding hydrogens is 345 g/mol. The number of halogens is 1. The Kier molecular flexibility index (Phi) is 4.54. The lowest BCUT2D eigenvalue weighted by Crippen LogP contribution is -2.40. The zero-order valence-corrected chi connectivity index (χ0v) is 14.5. The Hall–Kier alpha value is -2.74. The molecule has 0 aliphatic rings. The molecule has 0 saturated carbocycles. The van der Waals surface area contributed by atoms with E-state index >= 15 is 0 Å². The summed E-state index contributed by atoms with van der Waals surface area (Å²) in [6.07, 6.45) is 0. The van der Waals surface area contributed by atoms with Crippen LogP contribution in [0.3, 0.4) is 0 Å². The highest BCUT2D eigenvalue weighted by Crippen LogP contribution is 2.17. The Morgan fingerprint density at radius 3 is 2.68 bits per heavy atom. The Morgan fingerprint density at radius 1 is 1.24 bits per heavy atom. The number of amides is 1. The number of aromatic nitrogens is 2. The minimum atomic E-state index is -0.524. The number of hydrogen-bond donors (Lipinski definition) is 1. The number of nitrogens with one attached hydrogen (secondary N) is 1. The topological polar surface area (TPSA) is 73.1 Å². The molecule has 3 rings (SSSR count). The largest absolute Gasteiger partial charge is 0.331 e. The van der Waals surface area contributed by atoms with Gasteiger partial charge in [0.15, 0.2) is 0 Å². The van der Waals surface area contributed by atoms with Crippen LogP contribution >= 0.6 is 11.3 Å². The molecule has 130 valence electrons. The van der Waals surface area contributed by atoms with Crippen molar-refractivity contribution in [3.63, 3.8) is 0 Å². The van der Waals surface area contributed by atoms with Gasteiger partial charge in [-0.15, -0.1) is 11.3 Å². The molecule has 0 unspecified atom stereocenters. The monoisotopic (exact) mass is 361 g/mol. The second-order valence-corrected chi connectivity index (χ2v) is 6.48. The van der Waals surface area contributed by atoms with E-state index < -0.39 is 11.6 Å². The molecule has 3 aromatic rings. The minimum absolute atomic E-state index is 0.226. The number of anilines is 1. The van der Waals surface area contributed by atoms with E-state index in [2.05, 4.69) is 5.32 Å². The average Bonchev–Trinajstić information content (AvgIpc) is 3.04. The van der Waals surface area contributed by atoms with Gasteiger partial charge in [-0.2, -0.15) is 0 Å². The lowest BCUT2D eigenvalue weighted by Gasteiger charge is -2.12. The van der Waals surface area contributed by atoms with E-state index in [4.69, 9.17) is 0 Å². The summed E-state index contributed by atoms with van der Waals surface area (Å²) < 4.78 is 16.0. The summed E-state index contributed by atoms with van der Waals surface area (Å²) in [5.74, 6) is -0.813. The Balaban J connectivity index is 1.97. The van der Waals surface area contributed by atoms with Crippen molar-refractivity contribution in [1.29, 1.82) is 0 Å². The second-order valence-electron chi connectivity index (χ2n) is 5.56. The number of benzene rings is 1. The molecule has 0 aliphatic carbocycles. The van der Waals surface area contributed by atoms with Gasteiger partial charge in [-0.25, -0.2) is 9.18 Å². The predicted molar refractivity (Wildman–Crippen MR) is 95.8 cm³/mol.